The van der Waals surface area contributed by atoms with Crippen LogP contribution in [-0.4, -0.2) is 5.11 Å². The Morgan fingerprint density at radius 1 is 1.16 bits per heavy atom. The van der Waals surface area contributed by atoms with Crippen LogP contribution in [-0.2, 0) is 6.61 Å². The minimum Gasteiger partial charge on any atom is -0.489 e. The van der Waals surface area contributed by atoms with Gasteiger partial charge in [0.15, 0.2) is 0 Å². The fourth-order valence-corrected chi connectivity index (χ4v) is 1.96. The summed E-state index contributed by atoms with van der Waals surface area (Å²) < 4.78 is 5.77. The molecule has 1 atom stereocenters. The van der Waals surface area contributed by atoms with Crippen molar-refractivity contribution in [2.45, 2.75) is 26.6 Å². The van der Waals surface area contributed by atoms with Gasteiger partial charge in [-0.25, -0.2) is 0 Å². The molecule has 2 rings (SSSR count). The third-order valence-corrected chi connectivity index (χ3v) is 3.24. The molecule has 100 valence electrons. The van der Waals surface area contributed by atoms with E-state index >= 15 is 0 Å². The van der Waals surface area contributed by atoms with Crippen molar-refractivity contribution < 1.29 is 9.84 Å². The Balaban J connectivity index is 2.05. The van der Waals surface area contributed by atoms with Crippen LogP contribution in [0.3, 0.4) is 0 Å². The largest absolute Gasteiger partial charge is 0.489 e. The predicted molar refractivity (Wildman–Crippen MR) is 77.6 cm³/mol. The van der Waals surface area contributed by atoms with Crippen molar-refractivity contribution >= 4 is 11.6 Å². The van der Waals surface area contributed by atoms with Crippen molar-refractivity contribution in [2.75, 3.05) is 0 Å². The molecule has 2 nitrogen and oxygen atoms in total. The average Bonchev–Trinajstić information content (AvgIpc) is 2.39. The molecular weight excluding hydrogens is 260 g/mol. The normalized spacial score (nSPS) is 12.2. The summed E-state index contributed by atoms with van der Waals surface area (Å²) in [5.41, 5.74) is 2.99. The van der Waals surface area contributed by atoms with Gasteiger partial charge in [-0.2, -0.15) is 0 Å². The zero-order valence-electron chi connectivity index (χ0n) is 11.1. The van der Waals surface area contributed by atoms with Gasteiger partial charge in [0, 0.05) is 5.02 Å². The van der Waals surface area contributed by atoms with Crippen LogP contribution < -0.4 is 4.74 Å². The van der Waals surface area contributed by atoms with E-state index in [1.807, 2.05) is 49.4 Å². The second kappa shape index (κ2) is 6.09. The van der Waals surface area contributed by atoms with E-state index in [-0.39, 0.29) is 0 Å². The van der Waals surface area contributed by atoms with Gasteiger partial charge in [0.05, 0.1) is 6.10 Å². The van der Waals surface area contributed by atoms with Crippen molar-refractivity contribution in [3.8, 4) is 5.75 Å². The maximum absolute atomic E-state index is 9.52. The van der Waals surface area contributed by atoms with Gasteiger partial charge in [-0.3, -0.25) is 0 Å². The van der Waals surface area contributed by atoms with Crippen LogP contribution in [0.15, 0.2) is 42.5 Å². The number of aliphatic hydroxyl groups excluding tert-OH is 1. The van der Waals surface area contributed by atoms with Crippen molar-refractivity contribution in [1.82, 2.24) is 0 Å². The summed E-state index contributed by atoms with van der Waals surface area (Å²) >= 11 is 5.84. The quantitative estimate of drug-likeness (QED) is 0.903. The van der Waals surface area contributed by atoms with E-state index in [4.69, 9.17) is 16.3 Å². The smallest absolute Gasteiger partial charge is 0.122 e. The Morgan fingerprint density at radius 3 is 2.42 bits per heavy atom. The van der Waals surface area contributed by atoms with Gasteiger partial charge < -0.3 is 9.84 Å². The van der Waals surface area contributed by atoms with Crippen molar-refractivity contribution in [2.24, 2.45) is 0 Å². The third kappa shape index (κ3) is 3.72. The first-order valence-electron chi connectivity index (χ1n) is 6.22. The molecule has 0 saturated carbocycles. The van der Waals surface area contributed by atoms with E-state index in [1.165, 1.54) is 0 Å². The van der Waals surface area contributed by atoms with Crippen molar-refractivity contribution in [3.63, 3.8) is 0 Å². The molecule has 0 unspecified atom stereocenters. The summed E-state index contributed by atoms with van der Waals surface area (Å²) in [5.74, 6) is 0.833. The molecule has 0 aromatic heterocycles. The third-order valence-electron chi connectivity index (χ3n) is 2.99. The number of aliphatic hydroxyl groups is 1. The van der Waals surface area contributed by atoms with E-state index in [1.54, 1.807) is 6.92 Å². The van der Waals surface area contributed by atoms with Crippen LogP contribution in [0.1, 0.15) is 29.7 Å². The van der Waals surface area contributed by atoms with E-state index in [0.29, 0.717) is 6.61 Å². The molecule has 2 aromatic rings. The Labute approximate surface area is 118 Å². The summed E-state index contributed by atoms with van der Waals surface area (Å²) in [4.78, 5) is 0. The Morgan fingerprint density at radius 2 is 1.84 bits per heavy atom. The zero-order chi connectivity index (χ0) is 13.8. The number of aryl methyl sites for hydroxylation is 1. The summed E-state index contributed by atoms with van der Waals surface area (Å²) in [5, 5.41) is 10.2. The Kier molecular flexibility index (Phi) is 4.46. The summed E-state index contributed by atoms with van der Waals surface area (Å²) in [6.07, 6.45) is -0.455. The maximum Gasteiger partial charge on any atom is 0.122 e. The summed E-state index contributed by atoms with van der Waals surface area (Å²) in [7, 11) is 0. The molecule has 0 bridgehead atoms. The molecule has 1 N–H and O–H groups in total. The lowest BCUT2D eigenvalue weighted by Crippen LogP contribution is -1.98. The van der Waals surface area contributed by atoms with E-state index in [2.05, 4.69) is 0 Å². The number of ether oxygens (including phenoxy) is 1. The fourth-order valence-electron chi connectivity index (χ4n) is 1.84. The average molecular weight is 277 g/mol. The number of benzene rings is 2. The molecule has 0 spiro atoms. The lowest BCUT2D eigenvalue weighted by atomic mass is 10.1. The highest BCUT2D eigenvalue weighted by Gasteiger charge is 2.05. The fraction of sp³-hybridized carbons (Fsp3) is 0.250. The molecule has 0 aliphatic carbocycles. The predicted octanol–water partition coefficient (Wildman–Crippen LogP) is 4.28. The van der Waals surface area contributed by atoms with Gasteiger partial charge >= 0.3 is 0 Å². The van der Waals surface area contributed by atoms with Gasteiger partial charge in [-0.05, 0) is 54.8 Å². The van der Waals surface area contributed by atoms with Crippen LogP contribution >= 0.6 is 11.6 Å². The molecule has 0 heterocycles. The molecule has 3 heteroatoms. The topological polar surface area (TPSA) is 29.5 Å². The van der Waals surface area contributed by atoms with Crippen LogP contribution in [0.25, 0.3) is 0 Å². The van der Waals surface area contributed by atoms with Gasteiger partial charge in [0.2, 0.25) is 0 Å². The Hall–Kier alpha value is -1.51. The first-order valence-corrected chi connectivity index (χ1v) is 6.60. The molecule has 0 radical (unpaired) electrons. The molecule has 0 aliphatic rings. The minimum absolute atomic E-state index is 0.455. The van der Waals surface area contributed by atoms with Gasteiger partial charge in [0.1, 0.15) is 12.4 Å². The first-order chi connectivity index (χ1) is 9.06. The molecule has 0 amide bonds. The monoisotopic (exact) mass is 276 g/mol. The second-order valence-electron chi connectivity index (χ2n) is 4.62. The lowest BCUT2D eigenvalue weighted by molar-refractivity contribution is 0.199. The molecule has 0 aliphatic heterocycles. The Bertz CT molecular complexity index is 547. The highest BCUT2D eigenvalue weighted by molar-refractivity contribution is 6.30. The molecule has 2 aromatic carbocycles. The number of hydrogen-bond acceptors (Lipinski definition) is 2. The van der Waals surface area contributed by atoms with Gasteiger partial charge in [0.25, 0.3) is 0 Å². The van der Waals surface area contributed by atoms with Crippen molar-refractivity contribution in [3.05, 3.63) is 64.2 Å². The summed E-state index contributed by atoms with van der Waals surface area (Å²) in [6.45, 7) is 4.23. The highest BCUT2D eigenvalue weighted by atomic mass is 35.5. The maximum atomic E-state index is 9.52. The zero-order valence-corrected chi connectivity index (χ0v) is 11.8. The molecule has 19 heavy (non-hydrogen) atoms. The second-order valence-corrected chi connectivity index (χ2v) is 5.05. The molecule has 0 saturated heterocycles. The standard InChI is InChI=1S/C16H17ClO2/c1-11-9-14(12(2)18)5-8-16(11)19-10-13-3-6-15(17)7-4-13/h3-9,12,18H,10H2,1-2H3/t12-/m1/s1. The van der Waals surface area contributed by atoms with Crippen LogP contribution in [0.5, 0.6) is 5.75 Å². The van der Waals surface area contributed by atoms with Crippen LogP contribution in [0.4, 0.5) is 0 Å². The lowest BCUT2D eigenvalue weighted by Gasteiger charge is -2.12. The number of hydrogen-bond donors (Lipinski definition) is 1. The van der Waals surface area contributed by atoms with E-state index in [0.717, 1.165) is 27.5 Å². The molecule has 0 fully saturated rings. The number of rotatable bonds is 4. The van der Waals surface area contributed by atoms with E-state index in [9.17, 15) is 5.11 Å². The van der Waals surface area contributed by atoms with Gasteiger partial charge in [-0.15, -0.1) is 0 Å². The van der Waals surface area contributed by atoms with Crippen LogP contribution in [0, 0.1) is 6.92 Å². The first kappa shape index (κ1) is 13.9. The van der Waals surface area contributed by atoms with Crippen LogP contribution in [0.2, 0.25) is 5.02 Å². The van der Waals surface area contributed by atoms with E-state index < -0.39 is 6.10 Å². The number of halogens is 1. The van der Waals surface area contributed by atoms with Crippen molar-refractivity contribution in [1.29, 1.82) is 0 Å². The SMILES string of the molecule is Cc1cc([C@@H](C)O)ccc1OCc1ccc(Cl)cc1. The minimum atomic E-state index is -0.455. The molecular formula is C16H17ClO2. The summed E-state index contributed by atoms with van der Waals surface area (Å²) in [6, 6.07) is 13.3. The highest BCUT2D eigenvalue weighted by Crippen LogP contribution is 2.23. The van der Waals surface area contributed by atoms with Gasteiger partial charge in [-0.1, -0.05) is 29.8 Å².